The van der Waals surface area contributed by atoms with E-state index >= 15 is 0 Å². The van der Waals surface area contributed by atoms with E-state index in [9.17, 15) is 9.18 Å². The number of hydrazone groups is 1. The molecule has 21 heavy (non-hydrogen) atoms. The molecule has 0 aromatic heterocycles. The number of hydrogen-bond donors (Lipinski definition) is 2. The molecule has 0 amide bonds. The number of benzene rings is 2. The lowest BCUT2D eigenvalue weighted by Crippen LogP contribution is -2.08. The van der Waals surface area contributed by atoms with Gasteiger partial charge in [-0.15, -0.1) is 0 Å². The maximum Gasteiger partial charge on any atom is 0.335 e. The molecule has 5 heteroatoms. The number of carboxylic acids is 1. The minimum absolute atomic E-state index is 0.270. The zero-order valence-electron chi connectivity index (χ0n) is 11.5. The second kappa shape index (κ2) is 6.65. The molecule has 0 unspecified atom stereocenters. The maximum atomic E-state index is 12.7. The summed E-state index contributed by atoms with van der Waals surface area (Å²) < 4.78 is 12.7. The van der Waals surface area contributed by atoms with Crippen LogP contribution in [0.1, 0.15) is 27.0 Å². The van der Waals surface area contributed by atoms with Crippen LogP contribution in [0.5, 0.6) is 0 Å². The fourth-order valence-electron chi connectivity index (χ4n) is 1.83. The number of nitrogens with one attached hydrogen (secondary N) is 1. The van der Waals surface area contributed by atoms with E-state index in [1.54, 1.807) is 36.5 Å². The van der Waals surface area contributed by atoms with Crippen molar-refractivity contribution in [1.82, 2.24) is 5.43 Å². The van der Waals surface area contributed by atoms with Crippen LogP contribution in [-0.4, -0.2) is 17.3 Å². The van der Waals surface area contributed by atoms with Gasteiger partial charge in [0.1, 0.15) is 5.82 Å². The summed E-state index contributed by atoms with van der Waals surface area (Å²) in [6.45, 7) is 2.34. The minimum Gasteiger partial charge on any atom is -0.478 e. The SMILES string of the molecule is Cc1cc(C(=O)O)ccc1CNN=Cc1ccc(F)cc1. The quantitative estimate of drug-likeness (QED) is 0.656. The number of carbonyl (C=O) groups is 1. The minimum atomic E-state index is -0.938. The zero-order valence-corrected chi connectivity index (χ0v) is 11.5. The largest absolute Gasteiger partial charge is 0.478 e. The van der Waals surface area contributed by atoms with E-state index < -0.39 is 5.97 Å². The van der Waals surface area contributed by atoms with Gasteiger partial charge in [-0.05, 0) is 47.9 Å². The third-order valence-corrected chi connectivity index (χ3v) is 3.03. The summed E-state index contributed by atoms with van der Waals surface area (Å²) in [5.74, 6) is -1.22. The van der Waals surface area contributed by atoms with Gasteiger partial charge in [0.2, 0.25) is 0 Å². The van der Waals surface area contributed by atoms with Crippen molar-refractivity contribution in [3.8, 4) is 0 Å². The molecule has 0 atom stereocenters. The smallest absolute Gasteiger partial charge is 0.335 e. The van der Waals surface area contributed by atoms with Gasteiger partial charge in [-0.3, -0.25) is 0 Å². The molecule has 0 bridgehead atoms. The van der Waals surface area contributed by atoms with Crippen LogP contribution in [0.3, 0.4) is 0 Å². The molecule has 0 aliphatic rings. The first-order valence-corrected chi connectivity index (χ1v) is 6.40. The van der Waals surface area contributed by atoms with E-state index in [1.807, 2.05) is 6.92 Å². The summed E-state index contributed by atoms with van der Waals surface area (Å²) in [5.41, 5.74) is 5.80. The molecule has 2 N–H and O–H groups in total. The van der Waals surface area contributed by atoms with Gasteiger partial charge in [-0.2, -0.15) is 5.10 Å². The Hall–Kier alpha value is -2.69. The van der Waals surface area contributed by atoms with Crippen molar-refractivity contribution < 1.29 is 14.3 Å². The third kappa shape index (κ3) is 4.14. The number of rotatable bonds is 5. The van der Waals surface area contributed by atoms with Gasteiger partial charge >= 0.3 is 5.97 Å². The van der Waals surface area contributed by atoms with Crippen LogP contribution >= 0.6 is 0 Å². The molecule has 0 saturated carbocycles. The maximum absolute atomic E-state index is 12.7. The lowest BCUT2D eigenvalue weighted by Gasteiger charge is -2.06. The van der Waals surface area contributed by atoms with Crippen molar-refractivity contribution in [1.29, 1.82) is 0 Å². The molecule has 0 spiro atoms. The summed E-state index contributed by atoms with van der Waals surface area (Å²) in [4.78, 5) is 10.8. The van der Waals surface area contributed by atoms with Gasteiger partial charge in [0.15, 0.2) is 0 Å². The van der Waals surface area contributed by atoms with Gasteiger partial charge in [-0.1, -0.05) is 18.2 Å². The number of hydrogen-bond acceptors (Lipinski definition) is 3. The molecule has 0 aliphatic carbocycles. The van der Waals surface area contributed by atoms with Gasteiger partial charge in [-0.25, -0.2) is 9.18 Å². The second-order valence-corrected chi connectivity index (χ2v) is 4.59. The highest BCUT2D eigenvalue weighted by Crippen LogP contribution is 2.11. The Labute approximate surface area is 121 Å². The van der Waals surface area contributed by atoms with Crippen LogP contribution in [0.4, 0.5) is 4.39 Å². The van der Waals surface area contributed by atoms with E-state index in [2.05, 4.69) is 10.5 Å². The Morgan fingerprint density at radius 1 is 1.29 bits per heavy atom. The molecule has 108 valence electrons. The topological polar surface area (TPSA) is 61.7 Å². The summed E-state index contributed by atoms with van der Waals surface area (Å²) >= 11 is 0. The molecule has 2 rings (SSSR count). The van der Waals surface area contributed by atoms with E-state index in [0.717, 1.165) is 16.7 Å². The average molecular weight is 286 g/mol. The van der Waals surface area contributed by atoms with Crippen LogP contribution < -0.4 is 5.43 Å². The number of aryl methyl sites for hydroxylation is 1. The Morgan fingerprint density at radius 2 is 2.00 bits per heavy atom. The number of nitrogens with zero attached hydrogens (tertiary/aromatic N) is 1. The fourth-order valence-corrected chi connectivity index (χ4v) is 1.83. The predicted molar refractivity (Wildman–Crippen MR) is 79.0 cm³/mol. The first-order chi connectivity index (χ1) is 10.1. The first kappa shape index (κ1) is 14.7. The van der Waals surface area contributed by atoms with Crippen molar-refractivity contribution in [2.45, 2.75) is 13.5 Å². The average Bonchev–Trinajstić information content (AvgIpc) is 2.46. The fraction of sp³-hybridized carbons (Fsp3) is 0.125. The molecule has 0 saturated heterocycles. The summed E-state index contributed by atoms with van der Waals surface area (Å²) in [7, 11) is 0. The standard InChI is InChI=1S/C16H15FN2O2/c1-11-8-13(16(20)21)4-5-14(11)10-19-18-9-12-2-6-15(17)7-3-12/h2-9,19H,10H2,1H3,(H,20,21). The van der Waals surface area contributed by atoms with Gasteiger partial charge in [0, 0.05) is 0 Å². The van der Waals surface area contributed by atoms with E-state index in [0.29, 0.717) is 6.54 Å². The van der Waals surface area contributed by atoms with Crippen molar-refractivity contribution in [2.24, 2.45) is 5.10 Å². The monoisotopic (exact) mass is 286 g/mol. The predicted octanol–water partition coefficient (Wildman–Crippen LogP) is 2.96. The van der Waals surface area contributed by atoms with Crippen LogP contribution in [-0.2, 0) is 6.54 Å². The number of carboxylic acid groups (broad SMARTS) is 1. The molecule has 2 aromatic carbocycles. The molecule has 0 fully saturated rings. The third-order valence-electron chi connectivity index (χ3n) is 3.03. The number of halogens is 1. The lowest BCUT2D eigenvalue weighted by molar-refractivity contribution is 0.0696. The normalized spacial score (nSPS) is 10.8. The Balaban J connectivity index is 1.94. The molecule has 0 aliphatic heterocycles. The Bertz CT molecular complexity index is 666. The van der Waals surface area contributed by atoms with Crippen molar-refractivity contribution >= 4 is 12.2 Å². The highest BCUT2D eigenvalue weighted by molar-refractivity contribution is 5.87. The lowest BCUT2D eigenvalue weighted by atomic mass is 10.1. The van der Waals surface area contributed by atoms with Crippen LogP contribution in [0.2, 0.25) is 0 Å². The van der Waals surface area contributed by atoms with Crippen molar-refractivity contribution in [3.05, 3.63) is 70.5 Å². The van der Waals surface area contributed by atoms with Crippen LogP contribution in [0.15, 0.2) is 47.6 Å². The molecular weight excluding hydrogens is 271 g/mol. The molecule has 2 aromatic rings. The second-order valence-electron chi connectivity index (χ2n) is 4.59. The first-order valence-electron chi connectivity index (χ1n) is 6.40. The van der Waals surface area contributed by atoms with Gasteiger partial charge in [0.25, 0.3) is 0 Å². The summed E-state index contributed by atoms with van der Waals surface area (Å²) in [6.07, 6.45) is 1.60. The Morgan fingerprint density at radius 3 is 2.62 bits per heavy atom. The van der Waals surface area contributed by atoms with Crippen LogP contribution in [0, 0.1) is 12.7 Å². The molecule has 0 heterocycles. The molecular formula is C16H15FN2O2. The van der Waals surface area contributed by atoms with Crippen LogP contribution in [0.25, 0.3) is 0 Å². The molecule has 4 nitrogen and oxygen atoms in total. The Kier molecular flexibility index (Phi) is 4.66. The summed E-state index contributed by atoms with van der Waals surface area (Å²) in [5, 5.41) is 12.9. The van der Waals surface area contributed by atoms with E-state index in [-0.39, 0.29) is 11.4 Å². The highest BCUT2D eigenvalue weighted by Gasteiger charge is 2.04. The van der Waals surface area contributed by atoms with E-state index in [4.69, 9.17) is 5.11 Å². The van der Waals surface area contributed by atoms with Gasteiger partial charge < -0.3 is 10.5 Å². The number of aromatic carboxylic acids is 1. The van der Waals surface area contributed by atoms with E-state index in [1.165, 1.54) is 12.1 Å². The summed E-state index contributed by atoms with van der Waals surface area (Å²) in [6, 6.07) is 11.0. The van der Waals surface area contributed by atoms with Crippen molar-refractivity contribution in [3.63, 3.8) is 0 Å². The zero-order chi connectivity index (χ0) is 15.2. The molecule has 0 radical (unpaired) electrons. The highest BCUT2D eigenvalue weighted by atomic mass is 19.1. The van der Waals surface area contributed by atoms with Gasteiger partial charge in [0.05, 0.1) is 18.3 Å². The van der Waals surface area contributed by atoms with Crippen molar-refractivity contribution in [2.75, 3.05) is 0 Å².